The van der Waals surface area contributed by atoms with Crippen LogP contribution < -0.4 is 10.1 Å². The number of benzene rings is 1. The highest BCUT2D eigenvalue weighted by Gasteiger charge is 2.81. The van der Waals surface area contributed by atoms with Gasteiger partial charge >= 0.3 is 29.9 Å². The Kier molecular flexibility index (Phi) is 15.5. The first kappa shape index (κ1) is 44.4. The van der Waals surface area contributed by atoms with Crippen molar-refractivity contribution in [3.05, 3.63) is 35.9 Å². The van der Waals surface area contributed by atoms with Crippen molar-refractivity contribution in [2.75, 3.05) is 19.8 Å². The number of alkyl halides is 9. The number of hydrogen-bond donors (Lipinski definition) is 1. The molecule has 2 saturated carbocycles. The van der Waals surface area contributed by atoms with E-state index in [1.54, 1.807) is 30.3 Å². The summed E-state index contributed by atoms with van der Waals surface area (Å²) in [6.07, 6.45) is 0.562. The molecule has 0 atom stereocenters. The Balaban J connectivity index is 1.36. The van der Waals surface area contributed by atoms with Crippen LogP contribution in [0, 0.1) is 5.41 Å². The molecule has 1 aromatic carbocycles. The van der Waals surface area contributed by atoms with Gasteiger partial charge in [0.05, 0.1) is 19.8 Å². The molecule has 1 amide bonds. The summed E-state index contributed by atoms with van der Waals surface area (Å²) >= 11 is 0. The van der Waals surface area contributed by atoms with Crippen molar-refractivity contribution in [2.24, 2.45) is 5.41 Å². The van der Waals surface area contributed by atoms with Crippen molar-refractivity contribution < 1.29 is 68.1 Å². The summed E-state index contributed by atoms with van der Waals surface area (Å²) in [4.78, 5) is 24.8. The van der Waals surface area contributed by atoms with Crippen LogP contribution in [-0.2, 0) is 23.8 Å². The van der Waals surface area contributed by atoms with E-state index in [1.807, 2.05) is 20.8 Å². The molecule has 0 heterocycles. The zero-order valence-electron chi connectivity index (χ0n) is 30.3. The summed E-state index contributed by atoms with van der Waals surface area (Å²) in [5.74, 6) is -20.6. The molecule has 0 spiro atoms. The first-order chi connectivity index (χ1) is 24.6. The van der Waals surface area contributed by atoms with Crippen LogP contribution in [0.2, 0.25) is 0 Å². The monoisotopic (exact) mass is 775 g/mol. The summed E-state index contributed by atoms with van der Waals surface area (Å²) in [6, 6.07) is 7.00. The quantitative estimate of drug-likeness (QED) is 0.0496. The van der Waals surface area contributed by atoms with Crippen molar-refractivity contribution in [2.45, 2.75) is 146 Å². The normalized spacial score (nSPS) is 20.3. The van der Waals surface area contributed by atoms with Crippen LogP contribution in [0.4, 0.5) is 39.5 Å². The summed E-state index contributed by atoms with van der Waals surface area (Å²) in [5, 5.41) is 3.10. The van der Waals surface area contributed by atoms with E-state index >= 15 is 0 Å². The summed E-state index contributed by atoms with van der Waals surface area (Å²) < 4.78 is 141. The van der Waals surface area contributed by atoms with E-state index in [0.717, 1.165) is 31.2 Å². The average Bonchev–Trinajstić information content (AvgIpc) is 3.10. The number of hydrogen-bond acceptors (Lipinski definition) is 6. The van der Waals surface area contributed by atoms with Gasteiger partial charge in [0.25, 0.3) is 0 Å². The highest BCUT2D eigenvalue weighted by atomic mass is 19.4. The lowest BCUT2D eigenvalue weighted by Gasteiger charge is -2.38. The van der Waals surface area contributed by atoms with Crippen molar-refractivity contribution in [3.63, 3.8) is 0 Å². The Hall–Kier alpha value is -3.01. The first-order valence-electron chi connectivity index (χ1n) is 18.1. The predicted octanol–water partition coefficient (Wildman–Crippen LogP) is 9.82. The third-order valence-corrected chi connectivity index (χ3v) is 9.86. The zero-order chi connectivity index (χ0) is 39.6. The number of halogens is 9. The molecule has 0 bridgehead atoms. The van der Waals surface area contributed by atoms with Crippen molar-refractivity contribution in [1.29, 1.82) is 0 Å². The van der Waals surface area contributed by atoms with Gasteiger partial charge in [-0.3, -0.25) is 4.79 Å². The number of unbranched alkanes of at least 4 members (excludes halogenated alkanes) is 1. The fourth-order valence-corrected chi connectivity index (χ4v) is 5.91. The summed E-state index contributed by atoms with van der Waals surface area (Å²) in [6.45, 7) is 4.92. The van der Waals surface area contributed by atoms with Crippen LogP contribution >= 0.6 is 0 Å². The average molecular weight is 776 g/mol. The molecule has 302 valence electrons. The van der Waals surface area contributed by atoms with Crippen LogP contribution in [0.15, 0.2) is 30.3 Å². The van der Waals surface area contributed by atoms with Gasteiger partial charge in [-0.15, -0.1) is 0 Å². The van der Waals surface area contributed by atoms with Gasteiger partial charge < -0.3 is 24.3 Å². The molecule has 2 fully saturated rings. The number of nitrogens with one attached hydrogen (secondary N) is 1. The minimum absolute atomic E-state index is 0.0303. The molecule has 3 rings (SSSR count). The van der Waals surface area contributed by atoms with Gasteiger partial charge in [-0.25, -0.2) is 4.79 Å². The Morgan fingerprint density at radius 2 is 1.40 bits per heavy atom. The van der Waals surface area contributed by atoms with Crippen LogP contribution in [0.5, 0.6) is 5.75 Å². The number of carbonyl (C=O) groups is 2. The Labute approximate surface area is 304 Å². The first-order valence-corrected chi connectivity index (χ1v) is 18.1. The minimum Gasteiger partial charge on any atom is -0.494 e. The molecular formula is C37H50F9NO6. The Morgan fingerprint density at radius 3 is 1.98 bits per heavy atom. The lowest BCUT2D eigenvalue weighted by atomic mass is 9.87. The molecule has 0 radical (unpaired) electrons. The van der Waals surface area contributed by atoms with Gasteiger partial charge in [-0.2, -0.15) is 39.5 Å². The highest BCUT2D eigenvalue weighted by Crippen LogP contribution is 2.54. The van der Waals surface area contributed by atoms with Crippen LogP contribution in [0.3, 0.4) is 0 Å². The minimum atomic E-state index is -6.94. The molecule has 0 saturated heterocycles. The fraction of sp³-hybridized carbons (Fsp3) is 0.730. The molecule has 0 aliphatic heterocycles. The number of carbonyl (C=O) groups excluding carboxylic acids is 2. The molecule has 7 nitrogen and oxygen atoms in total. The molecule has 0 aromatic heterocycles. The lowest BCUT2D eigenvalue weighted by molar-refractivity contribution is -0.398. The number of amides is 1. The predicted molar refractivity (Wildman–Crippen MR) is 178 cm³/mol. The van der Waals surface area contributed by atoms with Crippen molar-refractivity contribution >= 4 is 18.0 Å². The lowest BCUT2D eigenvalue weighted by Crippen LogP contribution is -2.61. The Bertz CT molecular complexity index is 1340. The maximum absolute atomic E-state index is 14.0. The molecule has 0 unspecified atom stereocenters. The molecule has 1 aromatic rings. The van der Waals surface area contributed by atoms with E-state index in [1.165, 1.54) is 6.08 Å². The van der Waals surface area contributed by atoms with Crippen molar-refractivity contribution in [3.8, 4) is 5.75 Å². The number of rotatable bonds is 19. The number of ether oxygens (including phenoxy) is 4. The molecule has 1 N–H and O–H groups in total. The standard InChI is InChI=1S/C37H50F9NO6/c1-4-32(2,3)31(49)47-27-13-17-29(18-14-27)53-30(48)19-12-26-10-15-28(16-11-26)50-23-8-9-24-51-33(20-6-5-7-21-33)52-25-22-34(38,39)35(40,41)36(42,43)37(44,45)46/h10-12,15-16,19,27,29H,4-9,13-14,17-18,20-25H2,1-3H3,(H,47,49)/b19-12+/t27-,29-. The SMILES string of the molecule is CCC(C)(C)C(=O)N[C@H]1CC[C@H](OC(=O)/C=C/c2ccc(OCCCCOC3(OCCC(F)(F)C(F)(F)C(F)(F)C(F)(F)F)CCCCC3)cc2)CC1. The van der Waals surface area contributed by atoms with E-state index in [-0.39, 0.29) is 44.1 Å². The van der Waals surface area contributed by atoms with E-state index in [2.05, 4.69) is 5.32 Å². The third-order valence-electron chi connectivity index (χ3n) is 9.86. The van der Waals surface area contributed by atoms with E-state index in [9.17, 15) is 49.1 Å². The van der Waals surface area contributed by atoms with Gasteiger partial charge in [0.1, 0.15) is 11.9 Å². The highest BCUT2D eigenvalue weighted by molar-refractivity contribution is 5.87. The van der Waals surface area contributed by atoms with Crippen LogP contribution in [-0.4, -0.2) is 73.6 Å². The second-order valence-electron chi connectivity index (χ2n) is 14.3. The van der Waals surface area contributed by atoms with Gasteiger partial charge in [-0.1, -0.05) is 39.3 Å². The topological polar surface area (TPSA) is 83.1 Å². The smallest absolute Gasteiger partial charge is 0.460 e. The molecular weight excluding hydrogens is 725 g/mol. The molecule has 53 heavy (non-hydrogen) atoms. The van der Waals surface area contributed by atoms with Gasteiger partial charge in [-0.05, 0) is 81.6 Å². The van der Waals surface area contributed by atoms with Crippen LogP contribution in [0.25, 0.3) is 6.08 Å². The second-order valence-corrected chi connectivity index (χ2v) is 14.3. The maximum Gasteiger partial charge on any atom is 0.460 e. The van der Waals surface area contributed by atoms with Crippen LogP contribution in [0.1, 0.15) is 110 Å². The second kappa shape index (κ2) is 18.5. The van der Waals surface area contributed by atoms with E-state index in [4.69, 9.17) is 18.9 Å². The largest absolute Gasteiger partial charge is 0.494 e. The summed E-state index contributed by atoms with van der Waals surface area (Å²) in [7, 11) is 0. The third kappa shape index (κ3) is 12.2. The summed E-state index contributed by atoms with van der Waals surface area (Å²) in [5.41, 5.74) is 0.312. The number of esters is 1. The van der Waals surface area contributed by atoms with Gasteiger partial charge in [0.15, 0.2) is 5.79 Å². The van der Waals surface area contributed by atoms with E-state index in [0.29, 0.717) is 44.3 Å². The van der Waals surface area contributed by atoms with Crippen molar-refractivity contribution in [1.82, 2.24) is 5.32 Å². The fourth-order valence-electron chi connectivity index (χ4n) is 5.91. The zero-order valence-corrected chi connectivity index (χ0v) is 30.3. The molecule has 2 aliphatic carbocycles. The van der Waals surface area contributed by atoms with Gasteiger partial charge in [0, 0.05) is 36.8 Å². The molecule has 2 aliphatic rings. The van der Waals surface area contributed by atoms with E-state index < -0.39 is 54.1 Å². The van der Waals surface area contributed by atoms with Gasteiger partial charge in [0.2, 0.25) is 5.91 Å². The maximum atomic E-state index is 14.0. The Morgan fingerprint density at radius 1 is 0.811 bits per heavy atom. The molecule has 16 heteroatoms.